The van der Waals surface area contributed by atoms with Crippen molar-refractivity contribution in [3.05, 3.63) is 102 Å². The SMILES string of the molecule is C[C@@H](/C=C/CCO)[C@]1(O)C(=O)N(Cc2ccccc2)c2ccc(N(C=O)c3ccccc3)cc21. The summed E-state index contributed by atoms with van der Waals surface area (Å²) >= 11 is 0. The van der Waals surface area contributed by atoms with Crippen molar-refractivity contribution < 1.29 is 19.8 Å². The van der Waals surface area contributed by atoms with Gasteiger partial charge < -0.3 is 15.1 Å². The maximum atomic E-state index is 13.7. The van der Waals surface area contributed by atoms with Gasteiger partial charge >= 0.3 is 0 Å². The van der Waals surface area contributed by atoms with E-state index in [-0.39, 0.29) is 6.61 Å². The quantitative estimate of drug-likeness (QED) is 0.372. The van der Waals surface area contributed by atoms with Crippen LogP contribution >= 0.6 is 0 Å². The molecule has 0 bridgehead atoms. The number of hydrogen-bond donors (Lipinski definition) is 2. The Morgan fingerprint density at radius 1 is 1.00 bits per heavy atom. The van der Waals surface area contributed by atoms with Crippen LogP contribution in [0.4, 0.5) is 17.1 Å². The number of benzene rings is 3. The Hall–Kier alpha value is -3.74. The summed E-state index contributed by atoms with van der Waals surface area (Å²) in [5.74, 6) is -0.968. The minimum Gasteiger partial charge on any atom is -0.396 e. The molecule has 4 rings (SSSR count). The van der Waals surface area contributed by atoms with Crippen molar-refractivity contribution in [1.29, 1.82) is 0 Å². The normalized spacial score (nSPS) is 18.2. The molecule has 174 valence electrons. The van der Waals surface area contributed by atoms with Crippen LogP contribution in [-0.4, -0.2) is 29.1 Å². The molecule has 0 unspecified atom stereocenters. The topological polar surface area (TPSA) is 81.1 Å². The van der Waals surface area contributed by atoms with Crippen LogP contribution in [0.3, 0.4) is 0 Å². The summed E-state index contributed by atoms with van der Waals surface area (Å²) in [6.45, 7) is 2.09. The summed E-state index contributed by atoms with van der Waals surface area (Å²) in [6, 6.07) is 24.1. The number of nitrogens with zero attached hydrogens (tertiary/aromatic N) is 2. The van der Waals surface area contributed by atoms with Gasteiger partial charge in [0.25, 0.3) is 5.91 Å². The van der Waals surface area contributed by atoms with Crippen LogP contribution < -0.4 is 9.80 Å². The molecule has 6 heteroatoms. The summed E-state index contributed by atoms with van der Waals surface area (Å²) in [5, 5.41) is 21.0. The third-order valence-corrected chi connectivity index (χ3v) is 6.23. The number of aliphatic hydroxyl groups excluding tert-OH is 1. The monoisotopic (exact) mass is 456 g/mol. The molecule has 0 fully saturated rings. The number of fused-ring (bicyclic) bond motifs is 1. The predicted molar refractivity (Wildman–Crippen MR) is 133 cm³/mol. The molecular formula is C28H28N2O4. The highest BCUT2D eigenvalue weighted by molar-refractivity contribution is 6.08. The molecule has 6 nitrogen and oxygen atoms in total. The van der Waals surface area contributed by atoms with Crippen molar-refractivity contribution in [3.8, 4) is 0 Å². The highest BCUT2D eigenvalue weighted by atomic mass is 16.3. The Balaban J connectivity index is 1.81. The lowest BCUT2D eigenvalue weighted by Crippen LogP contribution is -2.44. The van der Waals surface area contributed by atoms with Crippen LogP contribution in [-0.2, 0) is 21.7 Å². The first-order chi connectivity index (χ1) is 16.5. The fourth-order valence-electron chi connectivity index (χ4n) is 4.38. The molecule has 1 aliphatic heterocycles. The fraction of sp³-hybridized carbons (Fsp3) is 0.214. The molecule has 2 N–H and O–H groups in total. The summed E-state index contributed by atoms with van der Waals surface area (Å²) in [4.78, 5) is 28.8. The summed E-state index contributed by atoms with van der Waals surface area (Å²) in [5.41, 5.74) is 1.44. The number of anilines is 3. The average Bonchev–Trinajstić information content (AvgIpc) is 3.08. The van der Waals surface area contributed by atoms with Crippen LogP contribution in [0.1, 0.15) is 24.5 Å². The van der Waals surface area contributed by atoms with Gasteiger partial charge in [-0.2, -0.15) is 0 Å². The number of aliphatic hydroxyl groups is 2. The number of para-hydroxylation sites is 1. The number of carbonyl (C=O) groups is 2. The first kappa shape index (κ1) is 23.4. The molecule has 34 heavy (non-hydrogen) atoms. The zero-order chi connectivity index (χ0) is 24.1. The molecule has 0 saturated carbocycles. The molecule has 0 saturated heterocycles. The van der Waals surface area contributed by atoms with Crippen LogP contribution in [0.25, 0.3) is 0 Å². The second-order valence-corrected chi connectivity index (χ2v) is 8.38. The minimum absolute atomic E-state index is 0.0121. The van der Waals surface area contributed by atoms with E-state index >= 15 is 0 Å². The second kappa shape index (κ2) is 10.0. The Labute approximate surface area is 199 Å². The molecule has 1 aliphatic rings. The lowest BCUT2D eigenvalue weighted by atomic mass is 9.82. The number of amides is 2. The van der Waals surface area contributed by atoms with E-state index in [4.69, 9.17) is 5.11 Å². The Kier molecular flexibility index (Phi) is 6.91. The molecular weight excluding hydrogens is 428 g/mol. The van der Waals surface area contributed by atoms with Crippen LogP contribution in [0.15, 0.2) is 91.0 Å². The average molecular weight is 457 g/mol. The molecule has 3 aromatic carbocycles. The van der Waals surface area contributed by atoms with E-state index in [9.17, 15) is 14.7 Å². The highest BCUT2D eigenvalue weighted by Crippen LogP contribution is 2.47. The van der Waals surface area contributed by atoms with Crippen molar-refractivity contribution in [3.63, 3.8) is 0 Å². The van der Waals surface area contributed by atoms with Crippen molar-refractivity contribution in [2.24, 2.45) is 5.92 Å². The lowest BCUT2D eigenvalue weighted by molar-refractivity contribution is -0.139. The zero-order valence-corrected chi connectivity index (χ0v) is 19.0. The van der Waals surface area contributed by atoms with E-state index in [0.717, 1.165) is 12.0 Å². The van der Waals surface area contributed by atoms with Gasteiger partial charge in [0.15, 0.2) is 5.60 Å². The summed E-state index contributed by atoms with van der Waals surface area (Å²) < 4.78 is 0. The van der Waals surface area contributed by atoms with Crippen LogP contribution in [0.5, 0.6) is 0 Å². The summed E-state index contributed by atoms with van der Waals surface area (Å²) in [7, 11) is 0. The third-order valence-electron chi connectivity index (χ3n) is 6.23. The largest absolute Gasteiger partial charge is 0.396 e. The Morgan fingerprint density at radius 3 is 2.32 bits per heavy atom. The van der Waals surface area contributed by atoms with Gasteiger partial charge in [0.1, 0.15) is 0 Å². The molecule has 3 aromatic rings. The number of rotatable bonds is 9. The van der Waals surface area contributed by atoms with E-state index < -0.39 is 17.4 Å². The molecule has 0 aromatic heterocycles. The van der Waals surface area contributed by atoms with Crippen molar-refractivity contribution in [2.45, 2.75) is 25.5 Å². The van der Waals surface area contributed by atoms with Gasteiger partial charge in [0, 0.05) is 29.5 Å². The predicted octanol–water partition coefficient (Wildman–Crippen LogP) is 4.29. The van der Waals surface area contributed by atoms with E-state index in [0.29, 0.717) is 35.6 Å². The highest BCUT2D eigenvalue weighted by Gasteiger charge is 2.52. The number of carbonyl (C=O) groups excluding carboxylic acids is 2. The maximum Gasteiger partial charge on any atom is 0.264 e. The molecule has 2 atom stereocenters. The van der Waals surface area contributed by atoms with Crippen LogP contribution in [0, 0.1) is 5.92 Å². The van der Waals surface area contributed by atoms with Crippen molar-refractivity contribution in [2.75, 3.05) is 16.4 Å². The van der Waals surface area contributed by atoms with Gasteiger partial charge in [-0.1, -0.05) is 67.6 Å². The standard InChI is InChI=1S/C28H28N2O4/c1-21(10-8-9-17-31)28(34)25-18-24(30(20-32)23-13-6-3-7-14-23)15-16-26(25)29(27(28)33)19-22-11-4-2-5-12-22/h2-8,10-16,18,20-21,31,34H,9,17,19H2,1H3/b10-8+/t21-,28+/m0/s1. The zero-order valence-electron chi connectivity index (χ0n) is 19.0. The van der Waals surface area contributed by atoms with Gasteiger partial charge in [-0.05, 0) is 42.3 Å². The van der Waals surface area contributed by atoms with Crippen molar-refractivity contribution in [1.82, 2.24) is 0 Å². The van der Waals surface area contributed by atoms with Gasteiger partial charge in [-0.3, -0.25) is 14.5 Å². The van der Waals surface area contributed by atoms with E-state index in [2.05, 4.69) is 0 Å². The van der Waals surface area contributed by atoms with E-state index in [1.165, 1.54) is 4.90 Å². The molecule has 0 radical (unpaired) electrons. The first-order valence-corrected chi connectivity index (χ1v) is 11.3. The third kappa shape index (κ3) is 4.25. The van der Waals surface area contributed by atoms with Gasteiger partial charge in [-0.25, -0.2) is 0 Å². The van der Waals surface area contributed by atoms with Crippen molar-refractivity contribution >= 4 is 29.4 Å². The molecule has 1 heterocycles. The van der Waals surface area contributed by atoms with Gasteiger partial charge in [0.2, 0.25) is 6.41 Å². The summed E-state index contributed by atoms with van der Waals surface area (Å²) in [6.07, 6.45) is 4.67. The Morgan fingerprint density at radius 2 is 1.68 bits per heavy atom. The van der Waals surface area contributed by atoms with Crippen LogP contribution in [0.2, 0.25) is 0 Å². The van der Waals surface area contributed by atoms with E-state index in [1.807, 2.05) is 60.7 Å². The Bertz CT molecular complexity index is 1180. The lowest BCUT2D eigenvalue weighted by Gasteiger charge is -2.28. The maximum absolute atomic E-state index is 13.7. The minimum atomic E-state index is -1.81. The fourth-order valence-corrected chi connectivity index (χ4v) is 4.38. The first-order valence-electron chi connectivity index (χ1n) is 11.3. The smallest absolute Gasteiger partial charge is 0.264 e. The molecule has 0 spiro atoms. The molecule has 0 aliphatic carbocycles. The van der Waals surface area contributed by atoms with Gasteiger partial charge in [-0.15, -0.1) is 0 Å². The second-order valence-electron chi connectivity index (χ2n) is 8.38. The van der Waals surface area contributed by atoms with Gasteiger partial charge in [0.05, 0.1) is 12.2 Å². The molecule has 2 amide bonds. The number of hydrogen-bond acceptors (Lipinski definition) is 4. The van der Waals surface area contributed by atoms with E-state index in [1.54, 1.807) is 42.2 Å².